The molecule has 0 amide bonds. The zero-order valence-electron chi connectivity index (χ0n) is 8.20. The number of aromatic nitrogens is 1. The van der Waals surface area contributed by atoms with E-state index in [1.807, 2.05) is 24.4 Å². The maximum Gasteiger partial charge on any atom is 0.168 e. The number of rotatable bonds is 2. The van der Waals surface area contributed by atoms with Crippen molar-refractivity contribution in [2.45, 2.75) is 4.90 Å². The number of hydrogen-bond donors (Lipinski definition) is 3. The Kier molecular flexibility index (Phi) is 2.83. The molecule has 5 heteroatoms. The Bertz CT molecular complexity index is 504. The molecule has 1 aromatic heterocycles. The van der Waals surface area contributed by atoms with Crippen LogP contribution in [0.2, 0.25) is 0 Å². The molecule has 1 heterocycles. The lowest BCUT2D eigenvalue weighted by Gasteiger charge is -2.03. The molecule has 0 atom stereocenters. The minimum absolute atomic E-state index is 0.288. The molecule has 0 unspecified atom stereocenters. The second-order valence-corrected chi connectivity index (χ2v) is 4.39. The molecular formula is C10H11N3S2. The van der Waals surface area contributed by atoms with Crippen molar-refractivity contribution >= 4 is 45.7 Å². The van der Waals surface area contributed by atoms with E-state index in [0.29, 0.717) is 0 Å². The normalized spacial score (nSPS) is 10.5. The number of benzene rings is 1. The van der Waals surface area contributed by atoms with Crippen LogP contribution in [0.15, 0.2) is 29.3 Å². The van der Waals surface area contributed by atoms with E-state index < -0.39 is 0 Å². The van der Waals surface area contributed by atoms with Crippen molar-refractivity contribution in [1.82, 2.24) is 4.98 Å². The number of thiocarbonyl (C=S) groups is 1. The highest BCUT2D eigenvalue weighted by molar-refractivity contribution is 7.98. The number of hydrogen-bond acceptors (Lipinski definition) is 2. The van der Waals surface area contributed by atoms with Crippen molar-refractivity contribution < 1.29 is 0 Å². The van der Waals surface area contributed by atoms with Gasteiger partial charge in [-0.1, -0.05) is 0 Å². The molecule has 0 aliphatic rings. The van der Waals surface area contributed by atoms with Crippen LogP contribution in [0.1, 0.15) is 0 Å². The van der Waals surface area contributed by atoms with Crippen LogP contribution in [0, 0.1) is 0 Å². The van der Waals surface area contributed by atoms with Gasteiger partial charge in [-0.15, -0.1) is 11.8 Å². The molecule has 0 aliphatic carbocycles. The Balaban J connectivity index is 2.47. The second-order valence-electron chi connectivity index (χ2n) is 3.11. The van der Waals surface area contributed by atoms with Gasteiger partial charge in [0.25, 0.3) is 0 Å². The molecule has 0 spiro atoms. The maximum atomic E-state index is 5.42. The first-order valence-electron chi connectivity index (χ1n) is 4.42. The molecular weight excluding hydrogens is 226 g/mol. The van der Waals surface area contributed by atoms with Crippen LogP contribution in [-0.4, -0.2) is 16.4 Å². The van der Waals surface area contributed by atoms with Crippen LogP contribution in [-0.2, 0) is 0 Å². The van der Waals surface area contributed by atoms with Crippen LogP contribution < -0.4 is 11.1 Å². The van der Waals surface area contributed by atoms with Crippen LogP contribution in [0.4, 0.5) is 5.69 Å². The van der Waals surface area contributed by atoms with Crippen LogP contribution in [0.5, 0.6) is 0 Å². The first-order chi connectivity index (χ1) is 7.20. The zero-order valence-corrected chi connectivity index (χ0v) is 9.84. The average Bonchev–Trinajstić information content (AvgIpc) is 2.59. The number of nitrogens with one attached hydrogen (secondary N) is 2. The fraction of sp³-hybridized carbons (Fsp3) is 0.100. The third-order valence-electron chi connectivity index (χ3n) is 2.13. The minimum Gasteiger partial charge on any atom is -0.376 e. The summed E-state index contributed by atoms with van der Waals surface area (Å²) in [7, 11) is 0. The number of fused-ring (bicyclic) bond motifs is 1. The zero-order chi connectivity index (χ0) is 10.8. The van der Waals surface area contributed by atoms with E-state index in [0.717, 1.165) is 11.2 Å². The molecule has 1 aromatic carbocycles. The molecule has 0 saturated carbocycles. The van der Waals surface area contributed by atoms with Gasteiger partial charge in [0, 0.05) is 27.7 Å². The summed E-state index contributed by atoms with van der Waals surface area (Å²) in [6, 6.07) is 5.99. The first-order valence-corrected chi connectivity index (χ1v) is 6.05. The van der Waals surface area contributed by atoms with E-state index in [1.165, 1.54) is 10.3 Å². The lowest BCUT2D eigenvalue weighted by atomic mass is 10.2. The van der Waals surface area contributed by atoms with Gasteiger partial charge in [0.05, 0.1) is 0 Å². The summed E-state index contributed by atoms with van der Waals surface area (Å²) >= 11 is 6.50. The van der Waals surface area contributed by atoms with Crippen molar-refractivity contribution in [2.75, 3.05) is 11.6 Å². The quantitative estimate of drug-likeness (QED) is 0.555. The topological polar surface area (TPSA) is 53.8 Å². The molecule has 0 saturated heterocycles. The summed E-state index contributed by atoms with van der Waals surface area (Å²) < 4.78 is 0. The van der Waals surface area contributed by atoms with Gasteiger partial charge in [0.15, 0.2) is 5.11 Å². The number of anilines is 1. The number of H-pyrrole nitrogens is 1. The highest BCUT2D eigenvalue weighted by atomic mass is 32.2. The summed E-state index contributed by atoms with van der Waals surface area (Å²) in [6.07, 6.45) is 4.05. The van der Waals surface area contributed by atoms with Gasteiger partial charge in [0.1, 0.15) is 0 Å². The molecule has 0 bridgehead atoms. The van der Waals surface area contributed by atoms with Gasteiger partial charge in [-0.2, -0.15) is 0 Å². The fourth-order valence-corrected chi connectivity index (χ4v) is 2.17. The lowest BCUT2D eigenvalue weighted by molar-refractivity contribution is 1.42. The minimum atomic E-state index is 0.288. The van der Waals surface area contributed by atoms with Crippen molar-refractivity contribution in [1.29, 1.82) is 0 Å². The van der Waals surface area contributed by atoms with E-state index in [1.54, 1.807) is 11.8 Å². The molecule has 0 radical (unpaired) electrons. The second kappa shape index (κ2) is 4.12. The number of nitrogens with two attached hydrogens (primary N) is 1. The monoisotopic (exact) mass is 237 g/mol. The summed E-state index contributed by atoms with van der Waals surface area (Å²) in [6.45, 7) is 0. The average molecular weight is 237 g/mol. The summed E-state index contributed by atoms with van der Waals surface area (Å²) in [5.74, 6) is 0. The van der Waals surface area contributed by atoms with Gasteiger partial charge < -0.3 is 16.0 Å². The number of thioether (sulfide) groups is 1. The third kappa shape index (κ3) is 2.08. The highest BCUT2D eigenvalue weighted by Crippen LogP contribution is 2.28. The van der Waals surface area contributed by atoms with Crippen LogP contribution in [0.25, 0.3) is 10.9 Å². The van der Waals surface area contributed by atoms with Gasteiger partial charge in [-0.25, -0.2) is 0 Å². The number of aromatic amines is 1. The fourth-order valence-electron chi connectivity index (χ4n) is 1.48. The molecule has 3 nitrogen and oxygen atoms in total. The van der Waals surface area contributed by atoms with Crippen LogP contribution >= 0.6 is 24.0 Å². The van der Waals surface area contributed by atoms with Crippen molar-refractivity contribution in [2.24, 2.45) is 5.73 Å². The van der Waals surface area contributed by atoms with E-state index in [2.05, 4.69) is 16.6 Å². The van der Waals surface area contributed by atoms with Gasteiger partial charge in [-0.05, 0) is 36.7 Å². The van der Waals surface area contributed by atoms with E-state index in [4.69, 9.17) is 18.0 Å². The van der Waals surface area contributed by atoms with Gasteiger partial charge in [0.2, 0.25) is 0 Å². The SMILES string of the molecule is CSc1c[nH]c2ccc(NC(N)=S)cc12. The van der Waals surface area contributed by atoms with Crippen molar-refractivity contribution in [3.63, 3.8) is 0 Å². The summed E-state index contributed by atoms with van der Waals surface area (Å²) in [4.78, 5) is 4.43. The smallest absolute Gasteiger partial charge is 0.168 e. The molecule has 0 fully saturated rings. The van der Waals surface area contributed by atoms with E-state index in [-0.39, 0.29) is 5.11 Å². The Morgan fingerprint density at radius 2 is 2.33 bits per heavy atom. The predicted molar refractivity (Wildman–Crippen MR) is 70.5 cm³/mol. The van der Waals surface area contributed by atoms with E-state index >= 15 is 0 Å². The molecule has 15 heavy (non-hydrogen) atoms. The summed E-state index contributed by atoms with van der Waals surface area (Å²) in [5, 5.41) is 4.40. The van der Waals surface area contributed by atoms with Crippen LogP contribution in [0.3, 0.4) is 0 Å². The van der Waals surface area contributed by atoms with Crippen molar-refractivity contribution in [3.8, 4) is 0 Å². The highest BCUT2D eigenvalue weighted by Gasteiger charge is 2.03. The van der Waals surface area contributed by atoms with Crippen molar-refractivity contribution in [3.05, 3.63) is 24.4 Å². The molecule has 4 N–H and O–H groups in total. The molecule has 0 aliphatic heterocycles. The Morgan fingerprint density at radius 1 is 1.53 bits per heavy atom. The summed E-state index contributed by atoms with van der Waals surface area (Å²) in [5.41, 5.74) is 7.46. The predicted octanol–water partition coefficient (Wildman–Crippen LogP) is 2.55. The van der Waals surface area contributed by atoms with Gasteiger partial charge in [-0.3, -0.25) is 0 Å². The molecule has 78 valence electrons. The molecule has 2 aromatic rings. The standard InChI is InChI=1S/C10H11N3S2/c1-15-9-5-12-8-3-2-6(4-7(8)9)13-10(11)14/h2-5,12H,1H3,(H3,11,13,14). The third-order valence-corrected chi connectivity index (χ3v) is 3.01. The Labute approximate surface area is 97.4 Å². The lowest BCUT2D eigenvalue weighted by Crippen LogP contribution is -2.18. The first kappa shape index (κ1) is 10.3. The van der Waals surface area contributed by atoms with E-state index in [9.17, 15) is 0 Å². The molecule has 2 rings (SSSR count). The largest absolute Gasteiger partial charge is 0.376 e. The Morgan fingerprint density at radius 3 is 3.00 bits per heavy atom. The Hall–Kier alpha value is -1.20. The maximum absolute atomic E-state index is 5.42. The van der Waals surface area contributed by atoms with Gasteiger partial charge >= 0.3 is 0 Å².